The number of halogens is 1. The van der Waals surface area contributed by atoms with Crippen LogP contribution in [-0.4, -0.2) is 13.6 Å². The predicted octanol–water partition coefficient (Wildman–Crippen LogP) is 2.30. The molecule has 0 heterocycles. The molecule has 2 N–H and O–H groups in total. The van der Waals surface area contributed by atoms with E-state index in [0.717, 1.165) is 11.3 Å². The number of nitrogens with zero attached hydrogens (tertiary/aromatic N) is 1. The molecule has 0 unspecified atom stereocenters. The van der Waals surface area contributed by atoms with Gasteiger partial charge < -0.3 is 10.6 Å². The van der Waals surface area contributed by atoms with E-state index in [1.807, 2.05) is 31.0 Å². The van der Waals surface area contributed by atoms with Gasteiger partial charge in [0, 0.05) is 12.7 Å². The molecule has 14 heavy (non-hydrogen) atoms. The molecule has 3 heteroatoms. The van der Waals surface area contributed by atoms with E-state index >= 15 is 0 Å². The molecule has 0 aliphatic heterocycles. The van der Waals surface area contributed by atoms with Crippen LogP contribution in [0.5, 0.6) is 0 Å². The number of anilines is 2. The average molecular weight is 209 g/mol. The van der Waals surface area contributed by atoms with Crippen molar-refractivity contribution in [3.8, 4) is 12.3 Å². The highest BCUT2D eigenvalue weighted by atomic mass is 35.5. The fraction of sp³-hybridized carbons (Fsp3) is 0.273. The number of nitrogen functional groups attached to an aromatic ring is 1. The molecule has 0 saturated carbocycles. The first-order valence-corrected chi connectivity index (χ1v) is 4.64. The molecule has 0 aromatic heterocycles. The van der Waals surface area contributed by atoms with Gasteiger partial charge in [-0.15, -0.1) is 6.42 Å². The average Bonchev–Trinajstić information content (AvgIpc) is 2.11. The van der Waals surface area contributed by atoms with Crippen molar-refractivity contribution in [2.75, 3.05) is 24.2 Å². The number of aryl methyl sites for hydroxylation is 1. The Morgan fingerprint density at radius 1 is 1.57 bits per heavy atom. The summed E-state index contributed by atoms with van der Waals surface area (Å²) in [7, 11) is 1.93. The van der Waals surface area contributed by atoms with Crippen LogP contribution in [0.25, 0.3) is 0 Å². The topological polar surface area (TPSA) is 29.3 Å². The Balaban J connectivity index is 3.10. The lowest BCUT2D eigenvalue weighted by molar-refractivity contribution is 1.04. The highest BCUT2D eigenvalue weighted by Gasteiger charge is 2.06. The molecule has 74 valence electrons. The van der Waals surface area contributed by atoms with Crippen molar-refractivity contribution in [3.05, 3.63) is 22.7 Å². The lowest BCUT2D eigenvalue weighted by atomic mass is 10.1. The Morgan fingerprint density at radius 2 is 2.21 bits per heavy atom. The summed E-state index contributed by atoms with van der Waals surface area (Å²) in [5.41, 5.74) is 8.36. The van der Waals surface area contributed by atoms with E-state index in [-0.39, 0.29) is 0 Å². The monoisotopic (exact) mass is 208 g/mol. The van der Waals surface area contributed by atoms with Gasteiger partial charge in [-0.05, 0) is 24.6 Å². The molecule has 0 radical (unpaired) electrons. The van der Waals surface area contributed by atoms with Crippen LogP contribution in [0.15, 0.2) is 12.1 Å². The SMILES string of the molecule is C#CCN(C)c1cc(Cl)c(N)cc1C. The number of rotatable bonds is 2. The van der Waals surface area contributed by atoms with Crippen LogP contribution < -0.4 is 10.6 Å². The minimum Gasteiger partial charge on any atom is -0.398 e. The lowest BCUT2D eigenvalue weighted by Crippen LogP contribution is -2.18. The molecule has 0 atom stereocenters. The normalized spacial score (nSPS) is 9.57. The first-order valence-electron chi connectivity index (χ1n) is 4.26. The minimum absolute atomic E-state index is 0.557. The molecular weight excluding hydrogens is 196 g/mol. The highest BCUT2D eigenvalue weighted by Crippen LogP contribution is 2.28. The summed E-state index contributed by atoms with van der Waals surface area (Å²) in [6.45, 7) is 2.54. The maximum atomic E-state index is 5.93. The van der Waals surface area contributed by atoms with Gasteiger partial charge in [-0.25, -0.2) is 0 Å². The molecule has 0 fully saturated rings. The van der Waals surface area contributed by atoms with Gasteiger partial charge in [0.1, 0.15) is 0 Å². The number of terminal acetylenes is 1. The predicted molar refractivity (Wildman–Crippen MR) is 62.7 cm³/mol. The van der Waals surface area contributed by atoms with Crippen LogP contribution >= 0.6 is 11.6 Å². The first kappa shape index (κ1) is 10.7. The molecule has 2 nitrogen and oxygen atoms in total. The van der Waals surface area contributed by atoms with Crippen LogP contribution in [0.3, 0.4) is 0 Å². The van der Waals surface area contributed by atoms with E-state index in [0.29, 0.717) is 17.3 Å². The quantitative estimate of drug-likeness (QED) is 0.597. The smallest absolute Gasteiger partial charge is 0.0788 e. The van der Waals surface area contributed by atoms with Crippen molar-refractivity contribution < 1.29 is 0 Å². The highest BCUT2D eigenvalue weighted by molar-refractivity contribution is 6.33. The summed E-state index contributed by atoms with van der Waals surface area (Å²) in [6, 6.07) is 3.69. The summed E-state index contributed by atoms with van der Waals surface area (Å²) in [5.74, 6) is 2.58. The third-order valence-corrected chi connectivity index (χ3v) is 2.38. The van der Waals surface area contributed by atoms with E-state index in [1.54, 1.807) is 0 Å². The number of nitrogens with two attached hydrogens (primary N) is 1. The van der Waals surface area contributed by atoms with Crippen molar-refractivity contribution in [2.45, 2.75) is 6.92 Å². The molecule has 1 rings (SSSR count). The Kier molecular flexibility index (Phi) is 3.27. The zero-order valence-corrected chi connectivity index (χ0v) is 9.10. The fourth-order valence-corrected chi connectivity index (χ4v) is 1.48. The largest absolute Gasteiger partial charge is 0.398 e. The summed E-state index contributed by atoms with van der Waals surface area (Å²) in [4.78, 5) is 1.96. The summed E-state index contributed by atoms with van der Waals surface area (Å²) in [5, 5.41) is 0.564. The molecule has 1 aromatic carbocycles. The summed E-state index contributed by atoms with van der Waals surface area (Å²) < 4.78 is 0. The molecule has 0 aliphatic carbocycles. The standard InChI is InChI=1S/C11H13ClN2/c1-4-5-14(3)11-7-9(12)10(13)6-8(11)2/h1,6-7H,5,13H2,2-3H3. The van der Waals surface area contributed by atoms with Gasteiger partial charge in [0.05, 0.1) is 17.3 Å². The number of hydrogen-bond donors (Lipinski definition) is 1. The Bertz CT molecular complexity index is 380. The molecule has 1 aromatic rings. The van der Waals surface area contributed by atoms with Crippen LogP contribution in [0.4, 0.5) is 11.4 Å². The van der Waals surface area contributed by atoms with Crippen molar-refractivity contribution >= 4 is 23.0 Å². The van der Waals surface area contributed by atoms with Gasteiger partial charge in [0.2, 0.25) is 0 Å². The number of benzene rings is 1. The van der Waals surface area contributed by atoms with Gasteiger partial charge in [0.15, 0.2) is 0 Å². The molecule has 0 saturated heterocycles. The summed E-state index contributed by atoms with van der Waals surface area (Å²) >= 11 is 5.93. The third-order valence-electron chi connectivity index (χ3n) is 2.05. The Morgan fingerprint density at radius 3 is 2.79 bits per heavy atom. The Labute approximate surface area is 89.7 Å². The van der Waals surface area contributed by atoms with Gasteiger partial charge >= 0.3 is 0 Å². The van der Waals surface area contributed by atoms with E-state index in [9.17, 15) is 0 Å². The van der Waals surface area contributed by atoms with E-state index in [1.165, 1.54) is 0 Å². The fourth-order valence-electron chi connectivity index (χ4n) is 1.33. The molecule has 0 spiro atoms. The van der Waals surface area contributed by atoms with Crippen LogP contribution in [0.2, 0.25) is 5.02 Å². The molecule has 0 amide bonds. The van der Waals surface area contributed by atoms with Crippen molar-refractivity contribution in [2.24, 2.45) is 0 Å². The molecule has 0 aliphatic rings. The van der Waals surface area contributed by atoms with Gasteiger partial charge in [-0.2, -0.15) is 0 Å². The Hall–Kier alpha value is -1.33. The second-order valence-corrected chi connectivity index (χ2v) is 3.63. The van der Waals surface area contributed by atoms with Crippen LogP contribution in [0, 0.1) is 19.3 Å². The second-order valence-electron chi connectivity index (χ2n) is 3.22. The van der Waals surface area contributed by atoms with Gasteiger partial charge in [-0.1, -0.05) is 17.5 Å². The van der Waals surface area contributed by atoms with E-state index in [2.05, 4.69) is 5.92 Å². The van der Waals surface area contributed by atoms with Crippen LogP contribution in [0.1, 0.15) is 5.56 Å². The minimum atomic E-state index is 0.557. The van der Waals surface area contributed by atoms with E-state index in [4.69, 9.17) is 23.8 Å². The van der Waals surface area contributed by atoms with Gasteiger partial charge in [0.25, 0.3) is 0 Å². The zero-order chi connectivity index (χ0) is 10.7. The maximum absolute atomic E-state index is 5.93. The zero-order valence-electron chi connectivity index (χ0n) is 8.34. The number of hydrogen-bond acceptors (Lipinski definition) is 2. The van der Waals surface area contributed by atoms with E-state index < -0.39 is 0 Å². The van der Waals surface area contributed by atoms with Crippen molar-refractivity contribution in [1.29, 1.82) is 0 Å². The maximum Gasteiger partial charge on any atom is 0.0788 e. The van der Waals surface area contributed by atoms with Crippen LogP contribution in [-0.2, 0) is 0 Å². The second kappa shape index (κ2) is 4.26. The van der Waals surface area contributed by atoms with Crippen molar-refractivity contribution in [1.82, 2.24) is 0 Å². The third kappa shape index (κ3) is 2.12. The summed E-state index contributed by atoms with van der Waals surface area (Å²) in [6.07, 6.45) is 5.24. The van der Waals surface area contributed by atoms with Crippen molar-refractivity contribution in [3.63, 3.8) is 0 Å². The van der Waals surface area contributed by atoms with Gasteiger partial charge in [-0.3, -0.25) is 0 Å². The first-order chi connectivity index (χ1) is 6.56. The lowest BCUT2D eigenvalue weighted by Gasteiger charge is -2.19. The molecular formula is C11H13ClN2. The molecule has 0 bridgehead atoms.